The number of rotatable bonds is 12. The van der Waals surface area contributed by atoms with E-state index in [1.807, 2.05) is 78.9 Å². The van der Waals surface area contributed by atoms with Crippen molar-refractivity contribution in [3.05, 3.63) is 107 Å². The summed E-state index contributed by atoms with van der Waals surface area (Å²) in [6, 6.07) is 23.5. The van der Waals surface area contributed by atoms with Gasteiger partial charge >= 0.3 is 12.0 Å². The Hall–Kier alpha value is -4.30. The zero-order chi connectivity index (χ0) is 31.6. The van der Waals surface area contributed by atoms with Crippen LogP contribution in [-0.2, 0) is 45.6 Å². The molecule has 2 amide bonds. The first kappa shape index (κ1) is 32.1. The molecule has 2 heterocycles. The first-order valence-corrected chi connectivity index (χ1v) is 15.5. The Labute approximate surface area is 265 Å². The monoisotopic (exact) mass is 632 g/mol. The van der Waals surface area contributed by atoms with Crippen molar-refractivity contribution in [3.8, 4) is 0 Å². The number of aryl methyl sites for hydroxylation is 1. The van der Waals surface area contributed by atoms with Crippen molar-refractivity contribution in [1.29, 1.82) is 0 Å². The van der Waals surface area contributed by atoms with Crippen molar-refractivity contribution in [2.75, 3.05) is 12.9 Å². The molecule has 0 spiro atoms. The lowest BCUT2D eigenvalue weighted by atomic mass is 10.0. The highest BCUT2D eigenvalue weighted by molar-refractivity contribution is 7.99. The third-order valence-corrected chi connectivity index (χ3v) is 8.52. The van der Waals surface area contributed by atoms with Gasteiger partial charge in [0.15, 0.2) is 6.29 Å². The molecule has 0 bridgehead atoms. The van der Waals surface area contributed by atoms with Gasteiger partial charge in [0, 0.05) is 37.8 Å². The van der Waals surface area contributed by atoms with Gasteiger partial charge in [0.25, 0.3) is 0 Å². The molecular weight excluding hydrogens is 596 g/mol. The molecule has 1 aromatic heterocycles. The molecule has 1 fully saturated rings. The van der Waals surface area contributed by atoms with E-state index in [0.29, 0.717) is 23.8 Å². The van der Waals surface area contributed by atoms with Gasteiger partial charge in [0.2, 0.25) is 5.16 Å². The van der Waals surface area contributed by atoms with Gasteiger partial charge in [-0.3, -0.25) is 0 Å². The summed E-state index contributed by atoms with van der Waals surface area (Å²) in [5.41, 5.74) is 4.44. The van der Waals surface area contributed by atoms with E-state index >= 15 is 0 Å². The molecule has 1 saturated heterocycles. The predicted octanol–water partition coefficient (Wildman–Crippen LogP) is 3.62. The van der Waals surface area contributed by atoms with Crippen LogP contribution >= 0.6 is 11.8 Å². The van der Waals surface area contributed by atoms with Crippen LogP contribution in [0.15, 0.2) is 84.0 Å². The van der Waals surface area contributed by atoms with Gasteiger partial charge in [-0.2, -0.15) is 0 Å². The first-order chi connectivity index (χ1) is 21.9. The zero-order valence-corrected chi connectivity index (χ0v) is 25.9. The SMILES string of the molecule is COC(=O)[C@H](Cc1ccccc1)NC(=O)NCc1ccc([C@H]2O[C@@H](CSc3nnnn3C)C[C@@H](c3ccc(CO)cc3)O2)cc1. The number of aliphatic hydroxyl groups excluding tert-OH is 1. The smallest absolute Gasteiger partial charge is 0.328 e. The van der Waals surface area contributed by atoms with Crippen molar-refractivity contribution in [3.63, 3.8) is 0 Å². The van der Waals surface area contributed by atoms with E-state index in [2.05, 4.69) is 26.2 Å². The highest BCUT2D eigenvalue weighted by Crippen LogP contribution is 2.39. The molecule has 236 valence electrons. The summed E-state index contributed by atoms with van der Waals surface area (Å²) in [7, 11) is 3.09. The number of carbonyl (C=O) groups excluding carboxylic acids is 2. The molecule has 1 aliphatic heterocycles. The molecule has 13 heteroatoms. The molecule has 0 aliphatic carbocycles. The van der Waals surface area contributed by atoms with Gasteiger partial charge in [-0.15, -0.1) is 5.10 Å². The molecule has 0 unspecified atom stereocenters. The lowest BCUT2D eigenvalue weighted by Gasteiger charge is -2.36. The Morgan fingerprint density at radius 2 is 1.71 bits per heavy atom. The number of esters is 1. The second-order valence-electron chi connectivity index (χ2n) is 10.6. The van der Waals surface area contributed by atoms with E-state index in [1.54, 1.807) is 11.7 Å². The van der Waals surface area contributed by atoms with Crippen LogP contribution in [0.25, 0.3) is 0 Å². The van der Waals surface area contributed by atoms with E-state index in [1.165, 1.54) is 18.9 Å². The molecule has 0 radical (unpaired) electrons. The first-order valence-electron chi connectivity index (χ1n) is 14.5. The second kappa shape index (κ2) is 15.6. The van der Waals surface area contributed by atoms with Crippen molar-refractivity contribution < 1.29 is 28.9 Å². The van der Waals surface area contributed by atoms with E-state index in [-0.39, 0.29) is 25.4 Å². The van der Waals surface area contributed by atoms with Crippen LogP contribution in [0.5, 0.6) is 0 Å². The van der Waals surface area contributed by atoms with Crippen LogP contribution < -0.4 is 10.6 Å². The van der Waals surface area contributed by atoms with Crippen LogP contribution in [-0.4, -0.2) is 62.3 Å². The maximum absolute atomic E-state index is 12.7. The minimum atomic E-state index is -0.816. The fourth-order valence-corrected chi connectivity index (χ4v) is 5.77. The summed E-state index contributed by atoms with van der Waals surface area (Å²) in [4.78, 5) is 25.0. The fourth-order valence-electron chi connectivity index (χ4n) is 4.90. The summed E-state index contributed by atoms with van der Waals surface area (Å²) in [5, 5.41) is 27.3. The van der Waals surface area contributed by atoms with Gasteiger partial charge in [-0.05, 0) is 32.7 Å². The molecule has 4 atom stereocenters. The number of ether oxygens (including phenoxy) is 3. The third kappa shape index (κ3) is 8.88. The maximum Gasteiger partial charge on any atom is 0.328 e. The Morgan fingerprint density at radius 1 is 1.00 bits per heavy atom. The van der Waals surface area contributed by atoms with Crippen LogP contribution in [0.3, 0.4) is 0 Å². The van der Waals surface area contributed by atoms with Gasteiger partial charge in [-0.25, -0.2) is 14.3 Å². The number of thioether (sulfide) groups is 1. The number of benzene rings is 3. The number of hydrogen-bond acceptors (Lipinski definition) is 10. The normalized spacial score (nSPS) is 18.6. The van der Waals surface area contributed by atoms with Crippen molar-refractivity contribution in [1.82, 2.24) is 30.8 Å². The molecule has 5 rings (SSSR count). The van der Waals surface area contributed by atoms with Gasteiger partial charge in [0.1, 0.15) is 6.04 Å². The van der Waals surface area contributed by atoms with E-state index in [0.717, 1.165) is 27.8 Å². The topological polar surface area (TPSA) is 150 Å². The molecule has 12 nitrogen and oxygen atoms in total. The van der Waals surface area contributed by atoms with E-state index in [9.17, 15) is 14.7 Å². The Morgan fingerprint density at radius 3 is 2.38 bits per heavy atom. The number of tetrazole rings is 1. The quantitative estimate of drug-likeness (QED) is 0.156. The summed E-state index contributed by atoms with van der Waals surface area (Å²) in [6.45, 7) is 0.230. The number of hydrogen-bond donors (Lipinski definition) is 3. The highest BCUT2D eigenvalue weighted by atomic mass is 32.2. The zero-order valence-electron chi connectivity index (χ0n) is 25.0. The molecule has 3 N–H and O–H groups in total. The van der Waals surface area contributed by atoms with Crippen LogP contribution in [0.4, 0.5) is 4.79 Å². The minimum Gasteiger partial charge on any atom is -0.467 e. The molecule has 3 aromatic carbocycles. The van der Waals surface area contributed by atoms with Crippen LogP contribution in [0.2, 0.25) is 0 Å². The van der Waals surface area contributed by atoms with Crippen LogP contribution in [0.1, 0.15) is 46.6 Å². The number of nitrogens with zero attached hydrogens (tertiary/aromatic N) is 4. The molecule has 0 saturated carbocycles. The van der Waals surface area contributed by atoms with Crippen molar-refractivity contribution in [2.24, 2.45) is 7.05 Å². The second-order valence-corrected chi connectivity index (χ2v) is 11.6. The average Bonchev–Trinajstić information content (AvgIpc) is 3.50. The molecule has 45 heavy (non-hydrogen) atoms. The summed E-state index contributed by atoms with van der Waals surface area (Å²) in [6.07, 6.45) is -0.0200. The third-order valence-electron chi connectivity index (χ3n) is 7.37. The number of amides is 2. The lowest BCUT2D eigenvalue weighted by molar-refractivity contribution is -0.245. The molecule has 4 aromatic rings. The summed E-state index contributed by atoms with van der Waals surface area (Å²) in [5.74, 6) is 0.117. The van der Waals surface area contributed by atoms with E-state index in [4.69, 9.17) is 14.2 Å². The Bertz CT molecular complexity index is 1540. The number of aliphatic hydroxyl groups is 1. The average molecular weight is 633 g/mol. The van der Waals surface area contributed by atoms with Crippen LogP contribution in [0, 0.1) is 0 Å². The standard InChI is InChI=1S/C32H36N6O6S/c1-38-32(35-36-37-38)45-20-26-17-28(24-12-10-23(19-39)11-13-24)44-30(43-26)25-14-8-22(9-15-25)18-33-31(41)34-27(29(40)42-2)16-21-6-4-3-5-7-21/h3-15,26-28,30,39H,16-20H2,1-2H3,(H2,33,34,41)/t26-,27+,28+,30+/m1/s1. The van der Waals surface area contributed by atoms with Crippen molar-refractivity contribution in [2.45, 2.75) is 55.7 Å². The van der Waals surface area contributed by atoms with Gasteiger partial charge in [0.05, 0.1) is 25.9 Å². The van der Waals surface area contributed by atoms with Crippen molar-refractivity contribution >= 4 is 23.8 Å². The minimum absolute atomic E-state index is 0.0229. The van der Waals surface area contributed by atoms with Gasteiger partial charge < -0.3 is 30.0 Å². The highest BCUT2D eigenvalue weighted by Gasteiger charge is 2.32. The molecule has 1 aliphatic rings. The largest absolute Gasteiger partial charge is 0.467 e. The number of methoxy groups -OCH3 is 1. The molecular formula is C32H36N6O6S. The predicted molar refractivity (Wildman–Crippen MR) is 166 cm³/mol. The maximum atomic E-state index is 12.7. The number of aromatic nitrogens is 4. The summed E-state index contributed by atoms with van der Waals surface area (Å²) < 4.78 is 19.3. The lowest BCUT2D eigenvalue weighted by Crippen LogP contribution is -2.47. The number of nitrogens with one attached hydrogen (secondary N) is 2. The Kier molecular flexibility index (Phi) is 11.1. The Balaban J connectivity index is 1.21. The summed E-state index contributed by atoms with van der Waals surface area (Å²) >= 11 is 1.52. The van der Waals surface area contributed by atoms with E-state index < -0.39 is 24.3 Å². The number of carbonyl (C=O) groups is 2. The van der Waals surface area contributed by atoms with Gasteiger partial charge in [-0.1, -0.05) is 90.6 Å². The fraction of sp³-hybridized carbons (Fsp3) is 0.344. The number of urea groups is 1.